The molecule has 0 saturated heterocycles. The topological polar surface area (TPSA) is 49.9 Å². The number of fused-ring (bicyclic) bond motifs is 1. The van der Waals surface area contributed by atoms with Gasteiger partial charge in [-0.05, 0) is 32.4 Å². The van der Waals surface area contributed by atoms with Crippen LogP contribution in [0.4, 0.5) is 5.69 Å². The summed E-state index contributed by atoms with van der Waals surface area (Å²) in [5.41, 5.74) is 0.750. The van der Waals surface area contributed by atoms with Crippen molar-refractivity contribution in [3.63, 3.8) is 0 Å². The molecule has 1 unspecified atom stereocenters. The number of para-hydroxylation sites is 2. The van der Waals surface area contributed by atoms with Gasteiger partial charge in [-0.1, -0.05) is 25.5 Å². The van der Waals surface area contributed by atoms with E-state index >= 15 is 0 Å². The van der Waals surface area contributed by atoms with Gasteiger partial charge < -0.3 is 14.5 Å². The predicted octanol–water partition coefficient (Wildman–Crippen LogP) is 2.84. The van der Waals surface area contributed by atoms with Gasteiger partial charge in [0.2, 0.25) is 5.91 Å². The minimum Gasteiger partial charge on any atom is -0.479 e. The molecule has 0 spiro atoms. The van der Waals surface area contributed by atoms with Gasteiger partial charge in [-0.25, -0.2) is 0 Å². The Morgan fingerprint density at radius 1 is 1.30 bits per heavy atom. The lowest BCUT2D eigenvalue weighted by Crippen LogP contribution is -2.46. The van der Waals surface area contributed by atoms with Crippen molar-refractivity contribution >= 4 is 17.5 Å². The fourth-order valence-corrected chi connectivity index (χ4v) is 2.76. The summed E-state index contributed by atoms with van der Waals surface area (Å²) in [5.74, 6) is 0.712. The first-order valence-corrected chi connectivity index (χ1v) is 8.43. The van der Waals surface area contributed by atoms with Crippen molar-refractivity contribution in [3.8, 4) is 5.75 Å². The van der Waals surface area contributed by atoms with Crippen LogP contribution in [0.5, 0.6) is 5.75 Å². The lowest BCUT2D eigenvalue weighted by atomic mass is 10.1. The SMILES string of the molecule is CCCCN(CC)C(=O)CCN1C(=O)C(C)Oc2ccccc21. The molecule has 1 aromatic carbocycles. The van der Waals surface area contributed by atoms with Crippen LogP contribution in [-0.4, -0.2) is 42.5 Å². The Morgan fingerprint density at radius 2 is 2.04 bits per heavy atom. The fraction of sp³-hybridized carbons (Fsp3) is 0.556. The summed E-state index contributed by atoms with van der Waals surface area (Å²) in [6.45, 7) is 7.74. The summed E-state index contributed by atoms with van der Waals surface area (Å²) in [4.78, 5) is 28.3. The third-order valence-electron chi connectivity index (χ3n) is 4.14. The molecule has 0 radical (unpaired) electrons. The highest BCUT2D eigenvalue weighted by Gasteiger charge is 2.31. The van der Waals surface area contributed by atoms with Gasteiger partial charge in [-0.2, -0.15) is 0 Å². The number of nitrogens with zero attached hydrogens (tertiary/aromatic N) is 2. The Bertz CT molecular complexity index is 559. The van der Waals surface area contributed by atoms with Crippen LogP contribution in [0.2, 0.25) is 0 Å². The Kier molecular flexibility index (Phi) is 6.02. The number of carbonyl (C=O) groups excluding carboxylic acids is 2. The second-order valence-corrected chi connectivity index (χ2v) is 5.79. The Balaban J connectivity index is 2.04. The maximum atomic E-state index is 12.4. The van der Waals surface area contributed by atoms with Gasteiger partial charge in [0.05, 0.1) is 5.69 Å². The second kappa shape index (κ2) is 7.99. The molecule has 0 fully saturated rings. The third-order valence-corrected chi connectivity index (χ3v) is 4.14. The van der Waals surface area contributed by atoms with Crippen LogP contribution >= 0.6 is 0 Å². The second-order valence-electron chi connectivity index (χ2n) is 5.79. The molecule has 2 rings (SSSR count). The molecule has 1 aliphatic heterocycles. The summed E-state index contributed by atoms with van der Waals surface area (Å²) < 4.78 is 5.62. The molecule has 1 aromatic rings. The summed E-state index contributed by atoms with van der Waals surface area (Å²) >= 11 is 0. The number of amides is 2. The lowest BCUT2D eigenvalue weighted by molar-refractivity contribution is -0.131. The molecular formula is C18H26N2O3. The molecule has 126 valence electrons. The number of benzene rings is 1. The average molecular weight is 318 g/mol. The fourth-order valence-electron chi connectivity index (χ4n) is 2.76. The number of anilines is 1. The number of hydrogen-bond donors (Lipinski definition) is 0. The van der Waals surface area contributed by atoms with Crippen LogP contribution in [0.3, 0.4) is 0 Å². The van der Waals surface area contributed by atoms with Gasteiger partial charge in [-0.15, -0.1) is 0 Å². The quantitative estimate of drug-likeness (QED) is 0.777. The number of rotatable bonds is 7. The Labute approximate surface area is 138 Å². The standard InChI is InChI=1S/C18H26N2O3/c1-4-6-12-19(5-2)17(21)11-13-20-15-9-7-8-10-16(15)23-14(3)18(20)22/h7-10,14H,4-6,11-13H2,1-3H3. The van der Waals surface area contributed by atoms with E-state index < -0.39 is 6.10 Å². The highest BCUT2D eigenvalue weighted by atomic mass is 16.5. The monoisotopic (exact) mass is 318 g/mol. The van der Waals surface area contributed by atoms with Crippen molar-refractivity contribution in [3.05, 3.63) is 24.3 Å². The summed E-state index contributed by atoms with van der Waals surface area (Å²) in [7, 11) is 0. The van der Waals surface area contributed by atoms with Gasteiger partial charge in [0.1, 0.15) is 5.75 Å². The summed E-state index contributed by atoms with van der Waals surface area (Å²) in [6, 6.07) is 7.47. The van der Waals surface area contributed by atoms with Crippen molar-refractivity contribution in [2.24, 2.45) is 0 Å². The molecule has 23 heavy (non-hydrogen) atoms. The van der Waals surface area contributed by atoms with Gasteiger partial charge in [-0.3, -0.25) is 9.59 Å². The van der Waals surface area contributed by atoms with E-state index in [0.29, 0.717) is 25.3 Å². The number of hydrogen-bond acceptors (Lipinski definition) is 3. The molecule has 2 amide bonds. The van der Waals surface area contributed by atoms with E-state index in [2.05, 4.69) is 6.92 Å². The molecule has 0 aromatic heterocycles. The van der Waals surface area contributed by atoms with Crippen LogP contribution in [0, 0.1) is 0 Å². The number of ether oxygens (including phenoxy) is 1. The number of unbranched alkanes of at least 4 members (excludes halogenated alkanes) is 1. The van der Waals surface area contributed by atoms with Crippen LogP contribution in [-0.2, 0) is 9.59 Å². The molecular weight excluding hydrogens is 292 g/mol. The van der Waals surface area contributed by atoms with E-state index in [1.165, 1.54) is 0 Å². The third kappa shape index (κ3) is 4.03. The van der Waals surface area contributed by atoms with E-state index in [4.69, 9.17) is 4.74 Å². The van der Waals surface area contributed by atoms with Crippen LogP contribution in [0.1, 0.15) is 40.0 Å². The maximum Gasteiger partial charge on any atom is 0.267 e. The maximum absolute atomic E-state index is 12.4. The molecule has 1 aliphatic rings. The van der Waals surface area contributed by atoms with Gasteiger partial charge >= 0.3 is 0 Å². The van der Waals surface area contributed by atoms with Crippen molar-refractivity contribution in [1.29, 1.82) is 0 Å². The predicted molar refractivity (Wildman–Crippen MR) is 90.7 cm³/mol. The van der Waals surface area contributed by atoms with Crippen molar-refractivity contribution in [1.82, 2.24) is 4.90 Å². The molecule has 5 heteroatoms. The highest BCUT2D eigenvalue weighted by molar-refractivity contribution is 6.00. The molecule has 5 nitrogen and oxygen atoms in total. The Morgan fingerprint density at radius 3 is 2.74 bits per heavy atom. The van der Waals surface area contributed by atoms with Crippen molar-refractivity contribution in [2.75, 3.05) is 24.5 Å². The van der Waals surface area contributed by atoms with Crippen LogP contribution < -0.4 is 9.64 Å². The minimum atomic E-state index is -0.512. The summed E-state index contributed by atoms with van der Waals surface area (Å²) in [6.07, 6.45) is 1.90. The van der Waals surface area contributed by atoms with E-state index in [9.17, 15) is 9.59 Å². The van der Waals surface area contributed by atoms with Gasteiger partial charge in [0.15, 0.2) is 6.10 Å². The van der Waals surface area contributed by atoms with Crippen LogP contribution in [0.15, 0.2) is 24.3 Å². The lowest BCUT2D eigenvalue weighted by Gasteiger charge is -2.33. The first kappa shape index (κ1) is 17.3. The first-order valence-electron chi connectivity index (χ1n) is 8.43. The minimum absolute atomic E-state index is 0.0897. The molecule has 1 atom stereocenters. The Hall–Kier alpha value is -2.04. The molecule has 0 N–H and O–H groups in total. The zero-order valence-corrected chi connectivity index (χ0v) is 14.2. The zero-order chi connectivity index (χ0) is 16.8. The van der Waals surface area contributed by atoms with Crippen LogP contribution in [0.25, 0.3) is 0 Å². The number of carbonyl (C=O) groups is 2. The smallest absolute Gasteiger partial charge is 0.267 e. The average Bonchev–Trinajstić information content (AvgIpc) is 2.56. The van der Waals surface area contributed by atoms with Gasteiger partial charge in [0, 0.05) is 26.1 Å². The highest BCUT2D eigenvalue weighted by Crippen LogP contribution is 2.33. The largest absolute Gasteiger partial charge is 0.479 e. The van der Waals surface area contributed by atoms with Crippen molar-refractivity contribution < 1.29 is 14.3 Å². The molecule has 1 heterocycles. The van der Waals surface area contributed by atoms with E-state index in [1.807, 2.05) is 36.1 Å². The first-order chi connectivity index (χ1) is 11.1. The zero-order valence-electron chi connectivity index (χ0n) is 14.2. The molecule has 0 saturated carbocycles. The molecule has 0 aliphatic carbocycles. The summed E-state index contributed by atoms with van der Waals surface area (Å²) in [5, 5.41) is 0. The van der Waals surface area contributed by atoms with E-state index in [0.717, 1.165) is 25.1 Å². The van der Waals surface area contributed by atoms with Crippen molar-refractivity contribution in [2.45, 2.75) is 46.1 Å². The van der Waals surface area contributed by atoms with Gasteiger partial charge in [0.25, 0.3) is 5.91 Å². The molecule has 0 bridgehead atoms. The van der Waals surface area contributed by atoms with E-state index in [1.54, 1.807) is 11.8 Å². The normalized spacial score (nSPS) is 16.7. The van der Waals surface area contributed by atoms with E-state index in [-0.39, 0.29) is 11.8 Å².